The molecule has 0 unspecified atom stereocenters. The largest absolute Gasteiger partial charge is 0.573 e. The van der Waals surface area contributed by atoms with Gasteiger partial charge in [0.1, 0.15) is 17.3 Å². The molecular formula is C16H16F3NO3. The topological polar surface area (TPSA) is 42.7 Å². The lowest BCUT2D eigenvalue weighted by atomic mass is 10.1. The van der Waals surface area contributed by atoms with Crippen LogP contribution in [0.25, 0.3) is 0 Å². The number of aryl methyl sites for hydroxylation is 2. The van der Waals surface area contributed by atoms with Crippen LogP contribution in [0.1, 0.15) is 27.4 Å². The standard InChI is InChI=1S/C16H16F3NO3/c1-10-8-14(11(2)22-10)15(21)20(3)9-12-4-6-13(7-5-12)23-16(17,18)19/h4-8H,9H2,1-3H3. The Bertz CT molecular complexity index is 690. The van der Waals surface area contributed by atoms with Gasteiger partial charge in [0, 0.05) is 13.6 Å². The molecule has 0 aliphatic rings. The quantitative estimate of drug-likeness (QED) is 0.850. The number of nitrogens with zero attached hydrogens (tertiary/aromatic N) is 1. The van der Waals surface area contributed by atoms with E-state index in [2.05, 4.69) is 4.74 Å². The molecule has 4 nitrogen and oxygen atoms in total. The summed E-state index contributed by atoms with van der Waals surface area (Å²) in [7, 11) is 1.62. The summed E-state index contributed by atoms with van der Waals surface area (Å²) in [5.41, 5.74) is 1.16. The van der Waals surface area contributed by atoms with Gasteiger partial charge in [0.15, 0.2) is 0 Å². The van der Waals surface area contributed by atoms with Gasteiger partial charge >= 0.3 is 6.36 Å². The fraction of sp³-hybridized carbons (Fsp3) is 0.312. The van der Waals surface area contributed by atoms with Crippen LogP contribution in [-0.2, 0) is 6.54 Å². The molecule has 1 amide bonds. The highest BCUT2D eigenvalue weighted by atomic mass is 19.4. The average Bonchev–Trinajstić information content (AvgIpc) is 2.77. The summed E-state index contributed by atoms with van der Waals surface area (Å²) in [4.78, 5) is 13.8. The van der Waals surface area contributed by atoms with E-state index in [0.29, 0.717) is 22.6 Å². The number of hydrogen-bond donors (Lipinski definition) is 0. The van der Waals surface area contributed by atoms with Crippen molar-refractivity contribution in [2.24, 2.45) is 0 Å². The molecule has 7 heteroatoms. The molecular weight excluding hydrogens is 311 g/mol. The first kappa shape index (κ1) is 16.9. The van der Waals surface area contributed by atoms with Crippen LogP contribution >= 0.6 is 0 Å². The first-order valence-corrected chi connectivity index (χ1v) is 6.83. The molecule has 23 heavy (non-hydrogen) atoms. The van der Waals surface area contributed by atoms with Crippen LogP contribution in [0.15, 0.2) is 34.7 Å². The van der Waals surface area contributed by atoms with Crippen molar-refractivity contribution in [3.63, 3.8) is 0 Å². The van der Waals surface area contributed by atoms with Crippen LogP contribution in [0.2, 0.25) is 0 Å². The van der Waals surface area contributed by atoms with Crippen molar-refractivity contribution in [3.8, 4) is 5.75 Å². The Morgan fingerprint density at radius 1 is 1.22 bits per heavy atom. The number of halogens is 3. The van der Waals surface area contributed by atoms with Gasteiger partial charge in [-0.1, -0.05) is 12.1 Å². The second kappa shape index (κ2) is 6.36. The van der Waals surface area contributed by atoms with Crippen molar-refractivity contribution in [2.45, 2.75) is 26.8 Å². The van der Waals surface area contributed by atoms with E-state index in [-0.39, 0.29) is 18.2 Å². The summed E-state index contributed by atoms with van der Waals surface area (Å²) in [6.07, 6.45) is -4.72. The highest BCUT2D eigenvalue weighted by molar-refractivity contribution is 5.95. The van der Waals surface area contributed by atoms with E-state index < -0.39 is 6.36 Å². The number of rotatable bonds is 4. The number of alkyl halides is 3. The summed E-state index contributed by atoms with van der Waals surface area (Å²) >= 11 is 0. The van der Waals surface area contributed by atoms with Gasteiger partial charge < -0.3 is 14.1 Å². The zero-order valence-corrected chi connectivity index (χ0v) is 12.9. The maximum absolute atomic E-state index is 12.3. The molecule has 0 saturated heterocycles. The smallest absolute Gasteiger partial charge is 0.466 e. The Kier molecular flexibility index (Phi) is 4.68. The predicted molar refractivity (Wildman–Crippen MR) is 77.1 cm³/mol. The summed E-state index contributed by atoms with van der Waals surface area (Å²) in [6, 6.07) is 7.06. The molecule has 1 aromatic heterocycles. The van der Waals surface area contributed by atoms with Crippen LogP contribution in [0.3, 0.4) is 0 Å². The third-order valence-electron chi connectivity index (χ3n) is 3.19. The van der Waals surface area contributed by atoms with Gasteiger partial charge in [0.2, 0.25) is 0 Å². The number of furan rings is 1. The van der Waals surface area contributed by atoms with E-state index in [4.69, 9.17) is 4.42 Å². The summed E-state index contributed by atoms with van der Waals surface area (Å²) in [5, 5.41) is 0. The van der Waals surface area contributed by atoms with Crippen LogP contribution in [0.5, 0.6) is 5.75 Å². The first-order chi connectivity index (χ1) is 10.7. The number of amides is 1. The molecule has 0 spiro atoms. The minimum absolute atomic E-state index is 0.213. The minimum Gasteiger partial charge on any atom is -0.466 e. The summed E-state index contributed by atoms with van der Waals surface area (Å²) in [6.45, 7) is 3.72. The van der Waals surface area contributed by atoms with Crippen molar-refractivity contribution in [2.75, 3.05) is 7.05 Å². The van der Waals surface area contributed by atoms with Gasteiger partial charge in [-0.15, -0.1) is 13.2 Å². The normalized spacial score (nSPS) is 11.4. The summed E-state index contributed by atoms with van der Waals surface area (Å²) in [5.74, 6) is 0.674. The number of hydrogen-bond acceptors (Lipinski definition) is 3. The lowest BCUT2D eigenvalue weighted by molar-refractivity contribution is -0.274. The Morgan fingerprint density at radius 2 is 1.83 bits per heavy atom. The summed E-state index contributed by atoms with van der Waals surface area (Å²) < 4.78 is 45.4. The zero-order chi connectivity index (χ0) is 17.2. The van der Waals surface area contributed by atoms with Crippen LogP contribution < -0.4 is 4.74 Å². The third-order valence-corrected chi connectivity index (χ3v) is 3.19. The number of ether oxygens (including phenoxy) is 1. The molecule has 0 radical (unpaired) electrons. The molecule has 1 aromatic carbocycles. The van der Waals surface area contributed by atoms with E-state index in [1.165, 1.54) is 29.2 Å². The molecule has 0 saturated carbocycles. The Balaban J connectivity index is 2.04. The zero-order valence-electron chi connectivity index (χ0n) is 12.9. The number of carbonyl (C=O) groups excluding carboxylic acids is 1. The minimum atomic E-state index is -4.72. The SMILES string of the molecule is Cc1cc(C(=O)N(C)Cc2ccc(OC(F)(F)F)cc2)c(C)o1. The number of carbonyl (C=O) groups is 1. The molecule has 0 aliphatic carbocycles. The van der Waals surface area contributed by atoms with Gasteiger partial charge in [-0.05, 0) is 37.6 Å². The Morgan fingerprint density at radius 3 is 2.30 bits per heavy atom. The lowest BCUT2D eigenvalue weighted by Crippen LogP contribution is -2.26. The maximum atomic E-state index is 12.3. The fourth-order valence-corrected chi connectivity index (χ4v) is 2.19. The highest BCUT2D eigenvalue weighted by Gasteiger charge is 2.31. The molecule has 0 bridgehead atoms. The first-order valence-electron chi connectivity index (χ1n) is 6.83. The highest BCUT2D eigenvalue weighted by Crippen LogP contribution is 2.23. The molecule has 0 N–H and O–H groups in total. The average molecular weight is 327 g/mol. The monoisotopic (exact) mass is 327 g/mol. The van der Waals surface area contributed by atoms with E-state index >= 15 is 0 Å². The third kappa shape index (κ3) is 4.51. The van der Waals surface area contributed by atoms with Crippen molar-refractivity contribution in [3.05, 3.63) is 53.0 Å². The lowest BCUT2D eigenvalue weighted by Gasteiger charge is -2.17. The molecule has 1 heterocycles. The van der Waals surface area contributed by atoms with Gasteiger partial charge in [0.05, 0.1) is 5.56 Å². The van der Waals surface area contributed by atoms with E-state index in [1.54, 1.807) is 27.0 Å². The van der Waals surface area contributed by atoms with Crippen LogP contribution in [-0.4, -0.2) is 24.2 Å². The van der Waals surface area contributed by atoms with Gasteiger partial charge in [0.25, 0.3) is 5.91 Å². The Hall–Kier alpha value is -2.44. The predicted octanol–water partition coefficient (Wildman–Crippen LogP) is 4.07. The van der Waals surface area contributed by atoms with Crippen molar-refractivity contribution in [1.29, 1.82) is 0 Å². The van der Waals surface area contributed by atoms with Gasteiger partial charge in [-0.25, -0.2) is 0 Å². The van der Waals surface area contributed by atoms with Crippen molar-refractivity contribution in [1.82, 2.24) is 4.90 Å². The van der Waals surface area contributed by atoms with Crippen LogP contribution in [0.4, 0.5) is 13.2 Å². The van der Waals surface area contributed by atoms with Crippen molar-refractivity contribution < 1.29 is 27.1 Å². The maximum Gasteiger partial charge on any atom is 0.573 e. The van der Waals surface area contributed by atoms with E-state index in [0.717, 1.165) is 0 Å². The molecule has 0 fully saturated rings. The molecule has 0 aliphatic heterocycles. The van der Waals surface area contributed by atoms with Crippen LogP contribution in [0, 0.1) is 13.8 Å². The molecule has 124 valence electrons. The number of benzene rings is 1. The fourth-order valence-electron chi connectivity index (χ4n) is 2.19. The second-order valence-electron chi connectivity index (χ2n) is 5.18. The molecule has 2 aromatic rings. The van der Waals surface area contributed by atoms with E-state index in [1.807, 2.05) is 0 Å². The van der Waals surface area contributed by atoms with Crippen molar-refractivity contribution >= 4 is 5.91 Å². The Labute approximate surface area is 131 Å². The van der Waals surface area contributed by atoms with E-state index in [9.17, 15) is 18.0 Å². The second-order valence-corrected chi connectivity index (χ2v) is 5.18. The molecule has 2 rings (SSSR count). The van der Waals surface area contributed by atoms with Gasteiger partial charge in [-0.3, -0.25) is 4.79 Å². The van der Waals surface area contributed by atoms with Gasteiger partial charge in [-0.2, -0.15) is 0 Å². The molecule has 0 atom stereocenters.